The van der Waals surface area contributed by atoms with E-state index >= 15 is 0 Å². The fraction of sp³-hybridized carbons (Fsp3) is 0.0952. The number of halogens is 2. The van der Waals surface area contributed by atoms with Crippen LogP contribution in [0.3, 0.4) is 0 Å². The first kappa shape index (κ1) is 21.7. The van der Waals surface area contributed by atoms with Gasteiger partial charge in [-0.2, -0.15) is 0 Å². The van der Waals surface area contributed by atoms with Crippen LogP contribution >= 0.6 is 34.5 Å². The Hall–Kier alpha value is -2.52. The van der Waals surface area contributed by atoms with Crippen molar-refractivity contribution < 1.29 is 13.2 Å². The average molecular weight is 494 g/mol. The molecule has 0 saturated carbocycles. The van der Waals surface area contributed by atoms with Crippen molar-refractivity contribution in [3.05, 3.63) is 80.6 Å². The molecule has 0 saturated heterocycles. The molecule has 0 radical (unpaired) electrons. The molecule has 2 aromatic heterocycles. The number of aromatic nitrogens is 1. The second-order valence-corrected chi connectivity index (χ2v) is 10.7. The van der Waals surface area contributed by atoms with E-state index in [1.807, 2.05) is 30.5 Å². The summed E-state index contributed by atoms with van der Waals surface area (Å²) in [7, 11) is -3.87. The molecular formula is C21H17Cl2N3O3S2. The highest BCUT2D eigenvalue weighted by molar-refractivity contribution is 7.93. The summed E-state index contributed by atoms with van der Waals surface area (Å²) in [6.07, 6.45) is 2.64. The van der Waals surface area contributed by atoms with E-state index in [1.54, 1.807) is 12.1 Å². The molecule has 0 unspecified atom stereocenters. The molecule has 10 heteroatoms. The molecule has 0 aliphatic rings. The fourth-order valence-corrected chi connectivity index (χ4v) is 6.37. The van der Waals surface area contributed by atoms with Gasteiger partial charge in [-0.25, -0.2) is 8.42 Å². The third-order valence-corrected chi connectivity index (χ3v) is 7.80. The first-order valence-corrected chi connectivity index (χ1v) is 12.3. The van der Waals surface area contributed by atoms with Crippen LogP contribution in [0.15, 0.2) is 65.7 Å². The number of hydrogen-bond acceptors (Lipinski definition) is 4. The van der Waals surface area contributed by atoms with Crippen LogP contribution in [-0.4, -0.2) is 25.9 Å². The van der Waals surface area contributed by atoms with Crippen molar-refractivity contribution in [3.63, 3.8) is 0 Å². The molecule has 4 aromatic rings. The van der Waals surface area contributed by atoms with Crippen LogP contribution < -0.4 is 10.0 Å². The Bertz CT molecular complexity index is 1350. The van der Waals surface area contributed by atoms with Crippen molar-refractivity contribution in [1.29, 1.82) is 0 Å². The highest BCUT2D eigenvalue weighted by Crippen LogP contribution is 2.35. The van der Waals surface area contributed by atoms with E-state index < -0.39 is 10.0 Å². The number of amides is 1. The van der Waals surface area contributed by atoms with E-state index in [4.69, 9.17) is 23.2 Å². The molecule has 0 aliphatic heterocycles. The second-order valence-electron chi connectivity index (χ2n) is 6.74. The van der Waals surface area contributed by atoms with Crippen LogP contribution in [0.4, 0.5) is 5.69 Å². The number of thiophene rings is 1. The lowest BCUT2D eigenvalue weighted by molar-refractivity contribution is 0.0954. The minimum absolute atomic E-state index is 0.0803. The van der Waals surface area contributed by atoms with Gasteiger partial charge in [0.2, 0.25) is 0 Å². The number of rotatable bonds is 7. The standard InChI is InChI=1S/C21H17Cl2N3O3S2/c22-19-11-18(20(23)30-19)31(28,29)26-15-7-5-13(6-8-15)21(27)24-10-9-14-12-25-17-4-2-1-3-16(14)17/h1-8,11-12,25-26H,9-10H2,(H,24,27). The average Bonchev–Trinajstić information content (AvgIpc) is 3.31. The zero-order chi connectivity index (χ0) is 22.0. The molecule has 6 nitrogen and oxygen atoms in total. The van der Waals surface area contributed by atoms with Crippen LogP contribution in [0.5, 0.6) is 0 Å². The molecule has 2 heterocycles. The quantitative estimate of drug-likeness (QED) is 0.325. The van der Waals surface area contributed by atoms with Crippen LogP contribution in [-0.2, 0) is 16.4 Å². The molecule has 160 valence electrons. The molecule has 31 heavy (non-hydrogen) atoms. The van der Waals surface area contributed by atoms with Gasteiger partial charge in [0.05, 0.1) is 4.34 Å². The van der Waals surface area contributed by atoms with Crippen LogP contribution in [0.25, 0.3) is 10.9 Å². The zero-order valence-electron chi connectivity index (χ0n) is 16.0. The largest absolute Gasteiger partial charge is 0.361 e. The van der Waals surface area contributed by atoms with Crippen LogP contribution in [0, 0.1) is 0 Å². The first-order chi connectivity index (χ1) is 14.8. The van der Waals surface area contributed by atoms with Crippen molar-refractivity contribution in [2.75, 3.05) is 11.3 Å². The van der Waals surface area contributed by atoms with E-state index in [9.17, 15) is 13.2 Å². The number of carbonyl (C=O) groups is 1. The third kappa shape index (κ3) is 4.88. The monoisotopic (exact) mass is 493 g/mol. The summed E-state index contributed by atoms with van der Waals surface area (Å²) in [5.41, 5.74) is 2.94. The number of hydrogen-bond donors (Lipinski definition) is 3. The number of H-pyrrole nitrogens is 1. The Balaban J connectivity index is 1.36. The Morgan fingerprint density at radius 3 is 2.52 bits per heavy atom. The summed E-state index contributed by atoms with van der Waals surface area (Å²) in [6.45, 7) is 0.479. The number of para-hydroxylation sites is 1. The molecule has 0 fully saturated rings. The fourth-order valence-electron chi connectivity index (χ4n) is 3.16. The number of aromatic amines is 1. The molecule has 0 spiro atoms. The maximum atomic E-state index is 12.5. The molecule has 0 atom stereocenters. The predicted octanol–water partition coefficient (Wildman–Crippen LogP) is 5.31. The molecule has 2 aromatic carbocycles. The highest BCUT2D eigenvalue weighted by Gasteiger charge is 2.21. The SMILES string of the molecule is O=C(NCCc1c[nH]c2ccccc12)c1ccc(NS(=O)(=O)c2cc(Cl)sc2Cl)cc1. The Morgan fingerprint density at radius 2 is 1.81 bits per heavy atom. The number of fused-ring (bicyclic) bond motifs is 1. The zero-order valence-corrected chi connectivity index (χ0v) is 19.1. The minimum atomic E-state index is -3.87. The number of sulfonamides is 1. The van der Waals surface area contributed by atoms with Crippen molar-refractivity contribution in [2.24, 2.45) is 0 Å². The number of benzene rings is 2. The highest BCUT2D eigenvalue weighted by atomic mass is 35.5. The van der Waals surface area contributed by atoms with E-state index in [1.165, 1.54) is 18.2 Å². The second kappa shape index (κ2) is 8.92. The number of nitrogens with one attached hydrogen (secondary N) is 3. The summed E-state index contributed by atoms with van der Waals surface area (Å²) >= 11 is 12.7. The predicted molar refractivity (Wildman–Crippen MR) is 126 cm³/mol. The maximum absolute atomic E-state index is 12.5. The lowest BCUT2D eigenvalue weighted by Crippen LogP contribution is -2.25. The topological polar surface area (TPSA) is 91.1 Å². The van der Waals surface area contributed by atoms with E-state index in [2.05, 4.69) is 15.0 Å². The van der Waals surface area contributed by atoms with Crippen molar-refractivity contribution in [2.45, 2.75) is 11.3 Å². The number of carbonyl (C=O) groups excluding carboxylic acids is 1. The Morgan fingerprint density at radius 1 is 1.06 bits per heavy atom. The molecule has 1 amide bonds. The Kier molecular flexibility index (Phi) is 6.24. The van der Waals surface area contributed by atoms with Gasteiger partial charge in [-0.3, -0.25) is 9.52 Å². The van der Waals surface area contributed by atoms with Crippen LogP contribution in [0.2, 0.25) is 8.67 Å². The minimum Gasteiger partial charge on any atom is -0.361 e. The van der Waals surface area contributed by atoms with Crippen molar-refractivity contribution >= 4 is 67.1 Å². The molecule has 0 bridgehead atoms. The van der Waals surface area contributed by atoms with E-state index in [0.29, 0.717) is 24.2 Å². The third-order valence-electron chi connectivity index (χ3n) is 4.67. The van der Waals surface area contributed by atoms with Gasteiger partial charge in [-0.05, 0) is 48.4 Å². The Labute approximate surface area is 193 Å². The number of anilines is 1. The molecule has 4 rings (SSSR count). The van der Waals surface area contributed by atoms with Gasteiger partial charge in [-0.1, -0.05) is 41.4 Å². The summed E-state index contributed by atoms with van der Waals surface area (Å²) < 4.78 is 27.7. The molecule has 0 aliphatic carbocycles. The van der Waals surface area contributed by atoms with Crippen molar-refractivity contribution in [1.82, 2.24) is 10.3 Å². The smallest absolute Gasteiger partial charge is 0.264 e. The van der Waals surface area contributed by atoms with Gasteiger partial charge in [0.25, 0.3) is 15.9 Å². The lowest BCUT2D eigenvalue weighted by Gasteiger charge is -2.09. The van der Waals surface area contributed by atoms with Gasteiger partial charge in [0.15, 0.2) is 0 Å². The summed E-state index contributed by atoms with van der Waals surface area (Å²) in [6, 6.07) is 15.5. The normalized spacial score (nSPS) is 11.5. The van der Waals surface area contributed by atoms with E-state index in [-0.39, 0.29) is 19.5 Å². The summed E-state index contributed by atoms with van der Waals surface area (Å²) in [5, 5.41) is 4.02. The van der Waals surface area contributed by atoms with E-state index in [0.717, 1.165) is 27.8 Å². The molecular weight excluding hydrogens is 477 g/mol. The summed E-state index contributed by atoms with van der Waals surface area (Å²) in [4.78, 5) is 15.5. The van der Waals surface area contributed by atoms with Gasteiger partial charge in [0.1, 0.15) is 9.23 Å². The lowest BCUT2D eigenvalue weighted by atomic mass is 10.1. The maximum Gasteiger partial charge on any atom is 0.264 e. The first-order valence-electron chi connectivity index (χ1n) is 9.24. The van der Waals surface area contributed by atoms with Gasteiger partial charge < -0.3 is 10.3 Å². The molecule has 3 N–H and O–H groups in total. The van der Waals surface area contributed by atoms with Crippen LogP contribution in [0.1, 0.15) is 15.9 Å². The van der Waals surface area contributed by atoms with Gasteiger partial charge >= 0.3 is 0 Å². The van der Waals surface area contributed by atoms with Gasteiger partial charge in [0, 0.05) is 34.9 Å². The summed E-state index contributed by atoms with van der Waals surface area (Å²) in [5.74, 6) is -0.234. The van der Waals surface area contributed by atoms with Gasteiger partial charge in [-0.15, -0.1) is 11.3 Å². The van der Waals surface area contributed by atoms with Crippen molar-refractivity contribution in [3.8, 4) is 0 Å².